The molecule has 3 rings (SSSR count). The molecule has 0 spiro atoms. The van der Waals surface area contributed by atoms with Crippen LogP contribution in [-0.4, -0.2) is 27.3 Å². The Morgan fingerprint density at radius 2 is 2.08 bits per heavy atom. The number of hydrogen-bond donors (Lipinski definition) is 1. The molecule has 0 fully saturated rings. The molecule has 1 aromatic heterocycles. The second-order valence-electron chi connectivity index (χ2n) is 6.71. The van der Waals surface area contributed by atoms with E-state index in [1.807, 2.05) is 26.0 Å². The summed E-state index contributed by atoms with van der Waals surface area (Å²) in [5.74, 6) is 1.91. The van der Waals surface area contributed by atoms with Crippen molar-refractivity contribution >= 4 is 11.7 Å². The Kier molecular flexibility index (Phi) is 5.36. The van der Waals surface area contributed by atoms with Crippen LogP contribution in [0.2, 0.25) is 0 Å². The minimum absolute atomic E-state index is 0.0968. The lowest BCUT2D eigenvalue weighted by Crippen LogP contribution is -2.40. The van der Waals surface area contributed by atoms with Gasteiger partial charge in [-0.2, -0.15) is 0 Å². The predicted molar refractivity (Wildman–Crippen MR) is 98.7 cm³/mol. The molecule has 0 saturated heterocycles. The van der Waals surface area contributed by atoms with Crippen LogP contribution in [0.3, 0.4) is 0 Å². The summed E-state index contributed by atoms with van der Waals surface area (Å²) < 4.78 is 2.20. The van der Waals surface area contributed by atoms with Gasteiger partial charge in [0.1, 0.15) is 5.82 Å². The van der Waals surface area contributed by atoms with E-state index in [2.05, 4.69) is 33.1 Å². The number of hydrogen-bond acceptors (Lipinski definition) is 3. The summed E-state index contributed by atoms with van der Waals surface area (Å²) >= 11 is 0. The van der Waals surface area contributed by atoms with Gasteiger partial charge in [-0.25, -0.2) is 4.79 Å². The maximum Gasteiger partial charge on any atom is 0.322 e. The molecule has 6 nitrogen and oxygen atoms in total. The van der Waals surface area contributed by atoms with Crippen molar-refractivity contribution in [3.8, 4) is 0 Å². The summed E-state index contributed by atoms with van der Waals surface area (Å²) in [5, 5.41) is 11.7. The van der Waals surface area contributed by atoms with Crippen LogP contribution in [0.4, 0.5) is 10.5 Å². The van der Waals surface area contributed by atoms with Gasteiger partial charge in [-0.05, 0) is 45.2 Å². The van der Waals surface area contributed by atoms with Crippen LogP contribution >= 0.6 is 0 Å². The third-order valence-corrected chi connectivity index (χ3v) is 4.70. The first kappa shape index (κ1) is 17.5. The Morgan fingerprint density at radius 3 is 2.84 bits per heavy atom. The number of carbonyl (C=O) groups excluding carboxylic acids is 1. The summed E-state index contributed by atoms with van der Waals surface area (Å²) in [7, 11) is 0. The zero-order valence-corrected chi connectivity index (χ0v) is 15.4. The number of benzene rings is 1. The molecule has 1 aromatic carbocycles. The summed E-state index contributed by atoms with van der Waals surface area (Å²) in [6, 6.07) is 6.06. The Bertz CT molecular complexity index is 752. The van der Waals surface area contributed by atoms with Crippen molar-refractivity contribution < 1.29 is 4.79 Å². The monoisotopic (exact) mass is 341 g/mol. The highest BCUT2D eigenvalue weighted by Gasteiger charge is 2.22. The van der Waals surface area contributed by atoms with E-state index in [0.717, 1.165) is 48.7 Å². The molecule has 0 unspecified atom stereocenters. The van der Waals surface area contributed by atoms with Crippen molar-refractivity contribution in [2.24, 2.45) is 0 Å². The third-order valence-electron chi connectivity index (χ3n) is 4.70. The molecule has 0 atom stereocenters. The van der Waals surface area contributed by atoms with Crippen molar-refractivity contribution in [3.63, 3.8) is 0 Å². The average molecular weight is 341 g/mol. The lowest BCUT2D eigenvalue weighted by atomic mass is 10.1. The number of rotatable bonds is 4. The zero-order valence-electron chi connectivity index (χ0n) is 15.4. The highest BCUT2D eigenvalue weighted by atomic mass is 16.2. The van der Waals surface area contributed by atoms with E-state index in [0.29, 0.717) is 13.1 Å². The predicted octanol–water partition coefficient (Wildman–Crippen LogP) is 3.36. The highest BCUT2D eigenvalue weighted by molar-refractivity contribution is 5.92. The lowest BCUT2D eigenvalue weighted by Gasteiger charge is -2.25. The fourth-order valence-corrected chi connectivity index (χ4v) is 3.42. The Labute approximate surface area is 149 Å². The van der Waals surface area contributed by atoms with Gasteiger partial charge in [0.25, 0.3) is 0 Å². The largest absolute Gasteiger partial charge is 0.338 e. The molecule has 0 aliphatic carbocycles. The molecule has 2 aromatic rings. The number of aromatic nitrogens is 3. The Balaban J connectivity index is 1.93. The smallest absolute Gasteiger partial charge is 0.322 e. The van der Waals surface area contributed by atoms with Gasteiger partial charge in [0.05, 0.1) is 6.54 Å². The lowest BCUT2D eigenvalue weighted by molar-refractivity contribution is 0.246. The van der Waals surface area contributed by atoms with Crippen molar-refractivity contribution in [1.29, 1.82) is 0 Å². The molecule has 134 valence electrons. The third kappa shape index (κ3) is 3.83. The van der Waals surface area contributed by atoms with Crippen LogP contribution < -0.4 is 10.2 Å². The maximum absolute atomic E-state index is 12.7. The summed E-state index contributed by atoms with van der Waals surface area (Å²) in [5.41, 5.74) is 3.19. The number of nitrogens with one attached hydrogen (secondary N) is 1. The molecular formula is C19H27N5O. The van der Waals surface area contributed by atoms with E-state index in [1.54, 1.807) is 4.90 Å². The molecule has 0 radical (unpaired) electrons. The molecule has 6 heteroatoms. The van der Waals surface area contributed by atoms with Crippen LogP contribution in [0, 0.1) is 13.8 Å². The van der Waals surface area contributed by atoms with Gasteiger partial charge in [-0.15, -0.1) is 10.2 Å². The van der Waals surface area contributed by atoms with Crippen LogP contribution in [0.15, 0.2) is 18.2 Å². The van der Waals surface area contributed by atoms with Gasteiger partial charge in [-0.3, -0.25) is 4.90 Å². The first-order valence-electron chi connectivity index (χ1n) is 9.13. The highest BCUT2D eigenvalue weighted by Crippen LogP contribution is 2.24. The summed E-state index contributed by atoms with van der Waals surface area (Å²) in [4.78, 5) is 14.5. The van der Waals surface area contributed by atoms with Crippen LogP contribution in [0.1, 0.15) is 49.0 Å². The zero-order chi connectivity index (χ0) is 17.8. The van der Waals surface area contributed by atoms with E-state index in [-0.39, 0.29) is 6.03 Å². The van der Waals surface area contributed by atoms with E-state index >= 15 is 0 Å². The molecule has 2 amide bonds. The van der Waals surface area contributed by atoms with Crippen LogP contribution in [0.25, 0.3) is 0 Å². The number of amides is 2. The van der Waals surface area contributed by atoms with E-state index in [4.69, 9.17) is 0 Å². The fraction of sp³-hybridized carbons (Fsp3) is 0.526. The maximum atomic E-state index is 12.7. The standard InChI is InChI=1S/C19H27N5O/c1-4-20-19(25)24(16-10-9-14(2)12-15(16)3)13-18-22-21-17-8-6-5-7-11-23(17)18/h9-10,12H,4-8,11,13H2,1-3H3,(H,20,25). The summed E-state index contributed by atoms with van der Waals surface area (Å²) in [6.45, 7) is 8.00. The molecule has 1 aliphatic heterocycles. The van der Waals surface area contributed by atoms with Crippen molar-refractivity contribution in [2.45, 2.75) is 59.5 Å². The van der Waals surface area contributed by atoms with Crippen LogP contribution in [-0.2, 0) is 19.5 Å². The fourth-order valence-electron chi connectivity index (χ4n) is 3.42. The number of aryl methyl sites for hydroxylation is 3. The van der Waals surface area contributed by atoms with E-state index < -0.39 is 0 Å². The van der Waals surface area contributed by atoms with Gasteiger partial charge in [0.2, 0.25) is 0 Å². The SMILES string of the molecule is CCNC(=O)N(Cc1nnc2n1CCCCC2)c1ccc(C)cc1C. The van der Waals surface area contributed by atoms with Gasteiger partial charge >= 0.3 is 6.03 Å². The minimum Gasteiger partial charge on any atom is -0.338 e. The number of fused-ring (bicyclic) bond motifs is 1. The van der Waals surface area contributed by atoms with Gasteiger partial charge in [0, 0.05) is 25.2 Å². The van der Waals surface area contributed by atoms with E-state index in [1.165, 1.54) is 12.0 Å². The Hall–Kier alpha value is -2.37. The second kappa shape index (κ2) is 7.68. The van der Waals surface area contributed by atoms with Crippen LogP contribution in [0.5, 0.6) is 0 Å². The number of anilines is 1. The average Bonchev–Trinajstić information content (AvgIpc) is 2.80. The minimum atomic E-state index is -0.0968. The molecule has 25 heavy (non-hydrogen) atoms. The molecule has 0 bridgehead atoms. The quantitative estimate of drug-likeness (QED) is 0.927. The van der Waals surface area contributed by atoms with Gasteiger partial charge in [0.15, 0.2) is 5.82 Å². The summed E-state index contributed by atoms with van der Waals surface area (Å²) in [6.07, 6.45) is 4.50. The van der Waals surface area contributed by atoms with Crippen molar-refractivity contribution in [2.75, 3.05) is 11.4 Å². The van der Waals surface area contributed by atoms with Crippen molar-refractivity contribution in [3.05, 3.63) is 41.0 Å². The molecule has 2 heterocycles. The number of nitrogens with zero attached hydrogens (tertiary/aromatic N) is 4. The first-order chi connectivity index (χ1) is 12.1. The molecule has 0 saturated carbocycles. The van der Waals surface area contributed by atoms with Gasteiger partial charge < -0.3 is 9.88 Å². The number of urea groups is 1. The molecular weight excluding hydrogens is 314 g/mol. The molecule has 1 N–H and O–H groups in total. The topological polar surface area (TPSA) is 63.1 Å². The van der Waals surface area contributed by atoms with Gasteiger partial charge in [-0.1, -0.05) is 24.1 Å². The second-order valence-corrected chi connectivity index (χ2v) is 6.71. The normalized spacial score (nSPS) is 13.9. The number of carbonyl (C=O) groups is 1. The Morgan fingerprint density at radius 1 is 1.24 bits per heavy atom. The van der Waals surface area contributed by atoms with Crippen molar-refractivity contribution in [1.82, 2.24) is 20.1 Å². The first-order valence-corrected chi connectivity index (χ1v) is 9.13. The van der Waals surface area contributed by atoms with E-state index in [9.17, 15) is 4.79 Å². The molecule has 1 aliphatic rings.